The third kappa shape index (κ3) is 3.46. The van der Waals surface area contributed by atoms with E-state index in [1.165, 1.54) is 18.4 Å². The number of rotatable bonds is 4. The van der Waals surface area contributed by atoms with Gasteiger partial charge in [0, 0.05) is 11.3 Å². The summed E-state index contributed by atoms with van der Waals surface area (Å²) in [6, 6.07) is 18.4. The van der Waals surface area contributed by atoms with E-state index in [9.17, 15) is 9.59 Å². The van der Waals surface area contributed by atoms with E-state index in [0.29, 0.717) is 21.8 Å². The SMILES string of the molecule is COC(=O)c1sccc1N(C(=O)c1ccccc1)c1ccc(C)cc1. The number of hydrogen-bond donors (Lipinski definition) is 0. The van der Waals surface area contributed by atoms with E-state index < -0.39 is 5.97 Å². The lowest BCUT2D eigenvalue weighted by atomic mass is 10.1. The number of aryl methyl sites for hydroxylation is 1. The first-order valence-corrected chi connectivity index (χ1v) is 8.61. The van der Waals surface area contributed by atoms with Gasteiger partial charge in [-0.05, 0) is 42.6 Å². The monoisotopic (exact) mass is 351 g/mol. The first kappa shape index (κ1) is 16.9. The van der Waals surface area contributed by atoms with Crippen molar-refractivity contribution in [3.8, 4) is 0 Å². The summed E-state index contributed by atoms with van der Waals surface area (Å²) in [7, 11) is 1.33. The first-order chi connectivity index (χ1) is 12.1. The molecule has 0 N–H and O–H groups in total. The molecule has 0 spiro atoms. The van der Waals surface area contributed by atoms with Crippen LogP contribution in [0.1, 0.15) is 25.6 Å². The Labute approximate surface area is 150 Å². The van der Waals surface area contributed by atoms with E-state index in [2.05, 4.69) is 0 Å². The minimum absolute atomic E-state index is 0.201. The average molecular weight is 351 g/mol. The molecule has 1 aromatic heterocycles. The molecular weight excluding hydrogens is 334 g/mol. The maximum Gasteiger partial charge on any atom is 0.350 e. The van der Waals surface area contributed by atoms with Gasteiger partial charge >= 0.3 is 5.97 Å². The molecule has 5 heteroatoms. The zero-order chi connectivity index (χ0) is 17.8. The summed E-state index contributed by atoms with van der Waals surface area (Å²) in [6.07, 6.45) is 0. The summed E-state index contributed by atoms with van der Waals surface area (Å²) in [5.74, 6) is -0.657. The first-order valence-electron chi connectivity index (χ1n) is 7.74. The molecule has 25 heavy (non-hydrogen) atoms. The number of methoxy groups -OCH3 is 1. The van der Waals surface area contributed by atoms with Crippen molar-refractivity contribution in [2.24, 2.45) is 0 Å². The molecule has 0 bridgehead atoms. The minimum atomic E-state index is -0.456. The van der Waals surface area contributed by atoms with E-state index >= 15 is 0 Å². The fourth-order valence-corrected chi connectivity index (χ4v) is 3.29. The Balaban J connectivity index is 2.13. The quantitative estimate of drug-likeness (QED) is 0.633. The molecule has 4 nitrogen and oxygen atoms in total. The maximum absolute atomic E-state index is 13.2. The predicted molar refractivity (Wildman–Crippen MR) is 99.7 cm³/mol. The third-order valence-corrected chi connectivity index (χ3v) is 4.66. The largest absolute Gasteiger partial charge is 0.465 e. The van der Waals surface area contributed by atoms with Crippen LogP contribution in [0.5, 0.6) is 0 Å². The molecule has 1 heterocycles. The molecule has 1 amide bonds. The molecule has 0 saturated carbocycles. The van der Waals surface area contributed by atoms with Gasteiger partial charge in [-0.3, -0.25) is 9.69 Å². The summed E-state index contributed by atoms with van der Waals surface area (Å²) in [5.41, 5.74) is 2.86. The van der Waals surface area contributed by atoms with Gasteiger partial charge in [-0.2, -0.15) is 0 Å². The van der Waals surface area contributed by atoms with Crippen molar-refractivity contribution in [3.05, 3.63) is 82.0 Å². The smallest absolute Gasteiger partial charge is 0.350 e. The molecule has 0 fully saturated rings. The molecule has 2 aromatic carbocycles. The highest BCUT2D eigenvalue weighted by atomic mass is 32.1. The standard InChI is InChI=1S/C20H17NO3S/c1-14-8-10-16(11-9-14)21(19(22)15-6-4-3-5-7-15)17-12-13-25-18(17)20(23)24-2/h3-13H,1-2H3. The number of ether oxygens (including phenoxy) is 1. The molecular formula is C20H17NO3S. The van der Waals surface area contributed by atoms with Crippen molar-refractivity contribution >= 4 is 34.6 Å². The van der Waals surface area contributed by atoms with Gasteiger partial charge in [-0.25, -0.2) is 4.79 Å². The average Bonchev–Trinajstić information content (AvgIpc) is 3.13. The summed E-state index contributed by atoms with van der Waals surface area (Å²) in [5, 5.41) is 1.78. The molecule has 0 atom stereocenters. The number of hydrogen-bond acceptors (Lipinski definition) is 4. The van der Waals surface area contributed by atoms with Crippen LogP contribution in [-0.2, 0) is 4.74 Å². The summed E-state index contributed by atoms with van der Waals surface area (Å²) in [6.45, 7) is 1.98. The number of nitrogens with zero attached hydrogens (tertiary/aromatic N) is 1. The Kier molecular flexibility index (Phi) is 4.95. The van der Waals surface area contributed by atoms with Gasteiger partial charge in [-0.1, -0.05) is 35.9 Å². The van der Waals surface area contributed by atoms with Crippen LogP contribution >= 0.6 is 11.3 Å². The number of carbonyl (C=O) groups is 2. The van der Waals surface area contributed by atoms with Crippen LogP contribution in [-0.4, -0.2) is 19.0 Å². The van der Waals surface area contributed by atoms with Crippen molar-refractivity contribution in [2.45, 2.75) is 6.92 Å². The maximum atomic E-state index is 13.2. The van der Waals surface area contributed by atoms with Gasteiger partial charge in [-0.15, -0.1) is 11.3 Å². The number of carbonyl (C=O) groups excluding carboxylic acids is 2. The van der Waals surface area contributed by atoms with Crippen molar-refractivity contribution in [3.63, 3.8) is 0 Å². The Bertz CT molecular complexity index is 885. The number of amides is 1. The third-order valence-electron chi connectivity index (χ3n) is 3.77. The van der Waals surface area contributed by atoms with E-state index in [0.717, 1.165) is 5.56 Å². The second-order valence-electron chi connectivity index (χ2n) is 5.47. The van der Waals surface area contributed by atoms with Crippen molar-refractivity contribution in [1.82, 2.24) is 0 Å². The molecule has 0 aliphatic rings. The lowest BCUT2D eigenvalue weighted by Crippen LogP contribution is -2.27. The van der Waals surface area contributed by atoms with Crippen molar-refractivity contribution in [1.29, 1.82) is 0 Å². The van der Waals surface area contributed by atoms with Gasteiger partial charge in [0.15, 0.2) is 0 Å². The summed E-state index contributed by atoms with van der Waals surface area (Å²) < 4.78 is 4.86. The van der Waals surface area contributed by atoms with Crippen LogP contribution < -0.4 is 4.90 Å². The highest BCUT2D eigenvalue weighted by molar-refractivity contribution is 7.12. The van der Waals surface area contributed by atoms with Crippen LogP contribution in [0.25, 0.3) is 0 Å². The minimum Gasteiger partial charge on any atom is -0.465 e. The van der Waals surface area contributed by atoms with E-state index in [1.807, 2.05) is 49.4 Å². The van der Waals surface area contributed by atoms with Gasteiger partial charge < -0.3 is 4.74 Å². The number of thiophene rings is 1. The predicted octanol–water partition coefficient (Wildman–Crippen LogP) is 4.82. The van der Waals surface area contributed by atoms with Crippen LogP contribution in [0.4, 0.5) is 11.4 Å². The van der Waals surface area contributed by atoms with E-state index in [-0.39, 0.29) is 5.91 Å². The van der Waals surface area contributed by atoms with Crippen LogP contribution in [0.2, 0.25) is 0 Å². The van der Waals surface area contributed by atoms with Crippen LogP contribution in [0.3, 0.4) is 0 Å². The molecule has 126 valence electrons. The Morgan fingerprint density at radius 3 is 2.28 bits per heavy atom. The number of esters is 1. The lowest BCUT2D eigenvalue weighted by Gasteiger charge is -2.23. The molecule has 3 rings (SSSR count). The highest BCUT2D eigenvalue weighted by Crippen LogP contribution is 2.34. The van der Waals surface area contributed by atoms with Gasteiger partial charge in [0.1, 0.15) is 4.88 Å². The fraction of sp³-hybridized carbons (Fsp3) is 0.100. The van der Waals surface area contributed by atoms with Crippen molar-refractivity contribution < 1.29 is 14.3 Å². The summed E-state index contributed by atoms with van der Waals surface area (Å²) >= 11 is 1.25. The zero-order valence-corrected chi connectivity index (χ0v) is 14.7. The normalized spacial score (nSPS) is 10.3. The molecule has 0 aliphatic heterocycles. The lowest BCUT2D eigenvalue weighted by molar-refractivity contribution is 0.0607. The number of benzene rings is 2. The molecule has 0 radical (unpaired) electrons. The second kappa shape index (κ2) is 7.32. The Morgan fingerprint density at radius 2 is 1.64 bits per heavy atom. The topological polar surface area (TPSA) is 46.6 Å². The zero-order valence-electron chi connectivity index (χ0n) is 13.9. The van der Waals surface area contributed by atoms with Gasteiger partial charge in [0.05, 0.1) is 12.8 Å². The van der Waals surface area contributed by atoms with Gasteiger partial charge in [0.2, 0.25) is 0 Å². The molecule has 3 aromatic rings. The second-order valence-corrected chi connectivity index (χ2v) is 6.38. The van der Waals surface area contributed by atoms with Gasteiger partial charge in [0.25, 0.3) is 5.91 Å². The molecule has 0 aliphatic carbocycles. The highest BCUT2D eigenvalue weighted by Gasteiger charge is 2.26. The summed E-state index contributed by atoms with van der Waals surface area (Å²) in [4.78, 5) is 27.2. The van der Waals surface area contributed by atoms with E-state index in [4.69, 9.17) is 4.74 Å². The number of anilines is 2. The molecule has 0 saturated heterocycles. The van der Waals surface area contributed by atoms with Crippen LogP contribution in [0, 0.1) is 6.92 Å². The Hall–Kier alpha value is -2.92. The van der Waals surface area contributed by atoms with Crippen molar-refractivity contribution in [2.75, 3.05) is 12.0 Å². The fourth-order valence-electron chi connectivity index (χ4n) is 2.49. The molecule has 0 unspecified atom stereocenters. The Morgan fingerprint density at radius 1 is 0.960 bits per heavy atom. The van der Waals surface area contributed by atoms with E-state index in [1.54, 1.807) is 28.5 Å². The van der Waals surface area contributed by atoms with Crippen LogP contribution in [0.15, 0.2) is 66.0 Å².